The van der Waals surface area contributed by atoms with Gasteiger partial charge < -0.3 is 0 Å². The highest BCUT2D eigenvalue weighted by Gasteiger charge is 2.17. The molecule has 27 heavy (non-hydrogen) atoms. The highest BCUT2D eigenvalue weighted by atomic mass is 35.5. The minimum Gasteiger partial charge on any atom is -0.255 e. The Labute approximate surface area is 161 Å². The normalized spacial score (nSPS) is 11.3. The molecule has 0 N–H and O–H groups in total. The summed E-state index contributed by atoms with van der Waals surface area (Å²) < 4.78 is 2.00. The van der Waals surface area contributed by atoms with Crippen molar-refractivity contribution in [3.05, 3.63) is 89.6 Å². The van der Waals surface area contributed by atoms with E-state index in [-0.39, 0.29) is 0 Å². The lowest BCUT2D eigenvalue weighted by Gasteiger charge is -2.06. The highest BCUT2D eigenvalue weighted by molar-refractivity contribution is 6.30. The van der Waals surface area contributed by atoms with Gasteiger partial charge in [0.1, 0.15) is 5.69 Å². The maximum atomic E-state index is 6.09. The minimum absolute atomic E-state index is 0.709. The molecule has 3 aromatic carbocycles. The maximum Gasteiger partial charge on any atom is 0.102 e. The summed E-state index contributed by atoms with van der Waals surface area (Å²) >= 11 is 6.09. The van der Waals surface area contributed by atoms with E-state index in [0.29, 0.717) is 5.02 Å². The van der Waals surface area contributed by atoms with Gasteiger partial charge in [0.15, 0.2) is 0 Å². The number of benzene rings is 3. The summed E-state index contributed by atoms with van der Waals surface area (Å²) in [6.07, 6.45) is 1.93. The smallest absolute Gasteiger partial charge is 0.102 e. The average Bonchev–Trinajstić information content (AvgIpc) is 3.09. The van der Waals surface area contributed by atoms with E-state index in [1.54, 1.807) is 0 Å². The van der Waals surface area contributed by atoms with E-state index in [4.69, 9.17) is 16.7 Å². The van der Waals surface area contributed by atoms with Crippen LogP contribution in [0, 0.1) is 6.92 Å². The molecule has 0 unspecified atom stereocenters. The zero-order valence-corrected chi connectivity index (χ0v) is 15.5. The van der Waals surface area contributed by atoms with Crippen LogP contribution in [0.5, 0.6) is 0 Å². The molecule has 0 aliphatic heterocycles. The van der Waals surface area contributed by atoms with Gasteiger partial charge in [-0.3, -0.25) is 4.98 Å². The molecule has 0 amide bonds. The van der Waals surface area contributed by atoms with Gasteiger partial charge >= 0.3 is 0 Å². The molecule has 0 aliphatic carbocycles. The summed E-state index contributed by atoms with van der Waals surface area (Å²) in [6, 6.07) is 24.3. The standard InChI is InChI=1S/C23H16ClN3/c1-15-7-12-21-19(13-15)23-20(14-25-21)22(16-5-3-2-4-6-16)26-27(23)18-10-8-17(24)9-11-18/h2-14H,1H3. The van der Waals surface area contributed by atoms with Gasteiger partial charge in [0, 0.05) is 27.6 Å². The first kappa shape index (κ1) is 16.0. The molecule has 0 aliphatic rings. The van der Waals surface area contributed by atoms with Crippen molar-refractivity contribution in [3.63, 3.8) is 0 Å². The van der Waals surface area contributed by atoms with E-state index in [2.05, 4.69) is 42.2 Å². The van der Waals surface area contributed by atoms with Crippen LogP contribution < -0.4 is 0 Å². The fourth-order valence-electron chi connectivity index (χ4n) is 3.48. The Morgan fingerprint density at radius 2 is 1.63 bits per heavy atom. The number of hydrogen-bond acceptors (Lipinski definition) is 2. The Morgan fingerprint density at radius 1 is 0.852 bits per heavy atom. The quantitative estimate of drug-likeness (QED) is 0.370. The van der Waals surface area contributed by atoms with Crippen LogP contribution in [0.15, 0.2) is 79.0 Å². The molecule has 4 heteroatoms. The van der Waals surface area contributed by atoms with Crippen molar-refractivity contribution in [3.8, 4) is 16.9 Å². The van der Waals surface area contributed by atoms with Gasteiger partial charge in [-0.05, 0) is 43.3 Å². The number of fused-ring (bicyclic) bond motifs is 3. The first-order valence-corrected chi connectivity index (χ1v) is 9.18. The second kappa shape index (κ2) is 6.22. The van der Waals surface area contributed by atoms with Crippen LogP contribution in [0.25, 0.3) is 38.8 Å². The molecule has 5 aromatic rings. The van der Waals surface area contributed by atoms with Gasteiger partial charge in [-0.25, -0.2) is 4.68 Å². The zero-order valence-electron chi connectivity index (χ0n) is 14.7. The second-order valence-electron chi connectivity index (χ2n) is 6.64. The van der Waals surface area contributed by atoms with Gasteiger partial charge in [-0.15, -0.1) is 0 Å². The molecular weight excluding hydrogens is 354 g/mol. The molecule has 3 nitrogen and oxygen atoms in total. The number of aromatic nitrogens is 3. The maximum absolute atomic E-state index is 6.09. The fraction of sp³-hybridized carbons (Fsp3) is 0.0435. The Kier molecular flexibility index (Phi) is 3.69. The highest BCUT2D eigenvalue weighted by Crippen LogP contribution is 2.34. The topological polar surface area (TPSA) is 30.7 Å². The molecule has 0 fully saturated rings. The summed E-state index contributed by atoms with van der Waals surface area (Å²) in [7, 11) is 0. The summed E-state index contributed by atoms with van der Waals surface area (Å²) in [5.74, 6) is 0. The molecule has 2 heterocycles. The van der Waals surface area contributed by atoms with Gasteiger partial charge in [0.05, 0.1) is 16.7 Å². The zero-order chi connectivity index (χ0) is 18.4. The van der Waals surface area contributed by atoms with Crippen LogP contribution in [0.3, 0.4) is 0 Å². The van der Waals surface area contributed by atoms with Crippen molar-refractivity contribution < 1.29 is 0 Å². The Bertz CT molecular complexity index is 1270. The van der Waals surface area contributed by atoms with Crippen molar-refractivity contribution in [1.29, 1.82) is 0 Å². The van der Waals surface area contributed by atoms with Crippen LogP contribution in [-0.2, 0) is 0 Å². The second-order valence-corrected chi connectivity index (χ2v) is 7.08. The number of aryl methyl sites for hydroxylation is 1. The Balaban J connectivity index is 1.92. The lowest BCUT2D eigenvalue weighted by molar-refractivity contribution is 0.918. The van der Waals surface area contributed by atoms with Gasteiger partial charge in [-0.1, -0.05) is 53.6 Å². The monoisotopic (exact) mass is 369 g/mol. The number of hydrogen-bond donors (Lipinski definition) is 0. The lowest BCUT2D eigenvalue weighted by Crippen LogP contribution is -1.97. The number of nitrogens with zero attached hydrogens (tertiary/aromatic N) is 3. The van der Waals surface area contributed by atoms with E-state index in [1.165, 1.54) is 5.56 Å². The molecule has 0 bridgehead atoms. The summed E-state index contributed by atoms with van der Waals surface area (Å²) in [6.45, 7) is 2.10. The molecule has 5 rings (SSSR count). The van der Waals surface area contributed by atoms with E-state index >= 15 is 0 Å². The van der Waals surface area contributed by atoms with Crippen LogP contribution in [0.2, 0.25) is 5.02 Å². The molecular formula is C23H16ClN3. The summed E-state index contributed by atoms with van der Waals surface area (Å²) in [5.41, 5.74) is 6.19. The van der Waals surface area contributed by atoms with Crippen molar-refractivity contribution in [2.24, 2.45) is 0 Å². The molecule has 0 saturated heterocycles. The van der Waals surface area contributed by atoms with Crippen molar-refractivity contribution in [2.45, 2.75) is 6.92 Å². The number of halogens is 1. The van der Waals surface area contributed by atoms with Crippen molar-refractivity contribution in [2.75, 3.05) is 0 Å². The van der Waals surface area contributed by atoms with E-state index in [9.17, 15) is 0 Å². The Hall–Kier alpha value is -3.17. The van der Waals surface area contributed by atoms with E-state index < -0.39 is 0 Å². The summed E-state index contributed by atoms with van der Waals surface area (Å²) in [4.78, 5) is 4.68. The predicted molar refractivity (Wildman–Crippen MR) is 112 cm³/mol. The van der Waals surface area contributed by atoms with E-state index in [1.807, 2.05) is 53.3 Å². The average molecular weight is 370 g/mol. The van der Waals surface area contributed by atoms with Crippen LogP contribution in [0.4, 0.5) is 0 Å². The number of pyridine rings is 1. The molecule has 0 spiro atoms. The minimum atomic E-state index is 0.709. The lowest BCUT2D eigenvalue weighted by atomic mass is 10.1. The molecule has 0 atom stereocenters. The molecule has 0 radical (unpaired) electrons. The van der Waals surface area contributed by atoms with Crippen molar-refractivity contribution >= 4 is 33.4 Å². The van der Waals surface area contributed by atoms with E-state index in [0.717, 1.165) is 38.8 Å². The summed E-state index contributed by atoms with van der Waals surface area (Å²) in [5, 5.41) is 7.81. The number of rotatable bonds is 2. The van der Waals surface area contributed by atoms with Crippen LogP contribution in [-0.4, -0.2) is 14.8 Å². The third-order valence-electron chi connectivity index (χ3n) is 4.78. The van der Waals surface area contributed by atoms with Crippen LogP contribution >= 0.6 is 11.6 Å². The van der Waals surface area contributed by atoms with Crippen LogP contribution in [0.1, 0.15) is 5.56 Å². The molecule has 130 valence electrons. The Morgan fingerprint density at radius 3 is 2.41 bits per heavy atom. The molecule has 2 aromatic heterocycles. The van der Waals surface area contributed by atoms with Gasteiger partial charge in [0.2, 0.25) is 0 Å². The third kappa shape index (κ3) is 2.68. The van der Waals surface area contributed by atoms with Crippen molar-refractivity contribution in [1.82, 2.24) is 14.8 Å². The first-order valence-electron chi connectivity index (χ1n) is 8.80. The largest absolute Gasteiger partial charge is 0.255 e. The predicted octanol–water partition coefficient (Wildman–Crippen LogP) is 6.20. The SMILES string of the molecule is Cc1ccc2ncc3c(-c4ccccc4)nn(-c4ccc(Cl)cc4)c3c2c1. The molecule has 0 saturated carbocycles. The van der Waals surface area contributed by atoms with Gasteiger partial charge in [-0.2, -0.15) is 5.10 Å². The first-order chi connectivity index (χ1) is 13.2. The fourth-order valence-corrected chi connectivity index (χ4v) is 3.60. The van der Waals surface area contributed by atoms with Gasteiger partial charge in [0.25, 0.3) is 0 Å². The third-order valence-corrected chi connectivity index (χ3v) is 5.03.